The van der Waals surface area contributed by atoms with Gasteiger partial charge in [0.15, 0.2) is 17.3 Å². The fraction of sp³-hybridized carbons (Fsp3) is 0.364. The number of nitrogens with zero attached hydrogens (tertiary/aromatic N) is 5. The number of ether oxygens (including phenoxy) is 3. The molecular formula is C33H34FN7O6. The molecule has 1 saturated heterocycles. The number of pyridine rings is 1. The number of piperidine rings is 1. The number of halogens is 1. The molecule has 0 saturated carbocycles. The molecule has 7 rings (SSSR count). The molecule has 0 bridgehead atoms. The first-order chi connectivity index (χ1) is 22.6. The Morgan fingerprint density at radius 2 is 2.00 bits per heavy atom. The number of amides is 1. The first-order valence-electron chi connectivity index (χ1n) is 15.4. The van der Waals surface area contributed by atoms with Crippen molar-refractivity contribution in [2.24, 2.45) is 5.73 Å². The third kappa shape index (κ3) is 5.74. The highest BCUT2D eigenvalue weighted by atomic mass is 19.1. The van der Waals surface area contributed by atoms with E-state index in [-0.39, 0.29) is 29.0 Å². The maximum absolute atomic E-state index is 15.1. The molecule has 13 nitrogen and oxygen atoms in total. The molecule has 244 valence electrons. The minimum absolute atomic E-state index is 0.0499. The van der Waals surface area contributed by atoms with Gasteiger partial charge in [0.1, 0.15) is 17.3 Å². The van der Waals surface area contributed by atoms with Crippen molar-refractivity contribution in [2.45, 2.75) is 57.6 Å². The van der Waals surface area contributed by atoms with Crippen LogP contribution >= 0.6 is 0 Å². The number of nitrogens with one attached hydrogen (secondary N) is 1. The van der Waals surface area contributed by atoms with E-state index < -0.39 is 23.3 Å². The number of imidazole rings is 1. The second kappa shape index (κ2) is 11.9. The van der Waals surface area contributed by atoms with Gasteiger partial charge in [-0.05, 0) is 69.1 Å². The van der Waals surface area contributed by atoms with Crippen LogP contribution in [-0.2, 0) is 23.6 Å². The highest BCUT2D eigenvalue weighted by Gasteiger charge is 2.43. The normalized spacial score (nSPS) is 19.0. The van der Waals surface area contributed by atoms with Crippen molar-refractivity contribution in [3.8, 4) is 23.0 Å². The highest BCUT2D eigenvalue weighted by Crippen LogP contribution is 2.49. The van der Waals surface area contributed by atoms with Crippen LogP contribution in [0.2, 0.25) is 0 Å². The van der Waals surface area contributed by atoms with Crippen molar-refractivity contribution in [3.05, 3.63) is 87.5 Å². The number of fused-ring (bicyclic) bond motifs is 2. The van der Waals surface area contributed by atoms with Crippen LogP contribution in [0.15, 0.2) is 58.0 Å². The zero-order valence-electron chi connectivity index (χ0n) is 26.2. The Morgan fingerprint density at radius 3 is 2.70 bits per heavy atom. The number of aromatic amines is 1. The van der Waals surface area contributed by atoms with Crippen LogP contribution < -0.4 is 21.0 Å². The summed E-state index contributed by atoms with van der Waals surface area (Å²) in [5.41, 5.74) is 8.64. The summed E-state index contributed by atoms with van der Waals surface area (Å²) in [7, 11) is 1.68. The summed E-state index contributed by atoms with van der Waals surface area (Å²) in [5.74, 6) is -0.954. The summed E-state index contributed by atoms with van der Waals surface area (Å²) >= 11 is 0. The van der Waals surface area contributed by atoms with Gasteiger partial charge in [-0.15, -0.1) is 0 Å². The van der Waals surface area contributed by atoms with Crippen molar-refractivity contribution in [2.75, 3.05) is 20.2 Å². The van der Waals surface area contributed by atoms with Crippen LogP contribution in [0.4, 0.5) is 4.39 Å². The minimum Gasteiger partial charge on any atom is -0.444 e. The topological polar surface area (TPSA) is 164 Å². The molecule has 1 fully saturated rings. The Balaban J connectivity index is 1.08. The van der Waals surface area contributed by atoms with Crippen LogP contribution in [0.25, 0.3) is 22.6 Å². The fourth-order valence-corrected chi connectivity index (χ4v) is 6.42. The Bertz CT molecular complexity index is 2030. The van der Waals surface area contributed by atoms with Crippen LogP contribution in [-0.4, -0.2) is 61.8 Å². The van der Waals surface area contributed by atoms with E-state index in [1.54, 1.807) is 26.3 Å². The first kappa shape index (κ1) is 30.6. The largest absolute Gasteiger partial charge is 0.460 e. The average molecular weight is 644 g/mol. The number of hydrogen-bond acceptors (Lipinski definition) is 10. The van der Waals surface area contributed by atoms with Gasteiger partial charge in [-0.2, -0.15) is 10.1 Å². The van der Waals surface area contributed by atoms with Gasteiger partial charge in [-0.1, -0.05) is 12.1 Å². The summed E-state index contributed by atoms with van der Waals surface area (Å²) in [6.07, 6.45) is 3.43. The molecule has 3 N–H and O–H groups in total. The van der Waals surface area contributed by atoms with E-state index in [2.05, 4.69) is 24.6 Å². The van der Waals surface area contributed by atoms with Gasteiger partial charge in [0, 0.05) is 25.2 Å². The summed E-state index contributed by atoms with van der Waals surface area (Å²) in [6, 6.07) is 11.6. The van der Waals surface area contributed by atoms with Crippen molar-refractivity contribution >= 4 is 16.9 Å². The standard InChI is InChI=1S/C33H34FN7O6/c1-18(44-3)16-41-26-15-36-25(31-38-32(43)47-39-31)14-24(26)37-28(41)17-40-11-9-19(10-12-40)21-5-4-6-27-29(21)46-33(2,45-27)22-8-7-20(30(35)42)13-23(22)34/h4-8,13-15,18-19H,9-12,16-17H2,1-3H3,(H2,35,42)(H,38,39,43). The number of aromatic nitrogens is 5. The Labute approximate surface area is 268 Å². The lowest BCUT2D eigenvalue weighted by Crippen LogP contribution is -2.34. The fourth-order valence-electron chi connectivity index (χ4n) is 6.42. The predicted octanol–water partition coefficient (Wildman–Crippen LogP) is 4.07. The van der Waals surface area contributed by atoms with Gasteiger partial charge in [-0.25, -0.2) is 14.2 Å². The number of methoxy groups -OCH3 is 1. The van der Waals surface area contributed by atoms with E-state index in [1.165, 1.54) is 12.1 Å². The maximum atomic E-state index is 15.1. The van der Waals surface area contributed by atoms with Gasteiger partial charge < -0.3 is 29.0 Å². The molecule has 3 aromatic heterocycles. The number of para-hydroxylation sites is 1. The van der Waals surface area contributed by atoms with Gasteiger partial charge >= 0.3 is 5.76 Å². The molecule has 0 aliphatic carbocycles. The summed E-state index contributed by atoms with van der Waals surface area (Å²) in [6.45, 7) is 6.53. The van der Waals surface area contributed by atoms with E-state index in [0.29, 0.717) is 30.3 Å². The second-order valence-corrected chi connectivity index (χ2v) is 12.1. The van der Waals surface area contributed by atoms with Crippen molar-refractivity contribution in [1.82, 2.24) is 29.6 Å². The van der Waals surface area contributed by atoms with E-state index in [0.717, 1.165) is 54.4 Å². The Hall–Kier alpha value is -5.08. The number of carbonyl (C=O) groups excluding carboxylic acids is 1. The lowest BCUT2D eigenvalue weighted by Gasteiger charge is -2.32. The quantitative estimate of drug-likeness (QED) is 0.239. The zero-order valence-corrected chi connectivity index (χ0v) is 26.2. The molecule has 1 amide bonds. The first-order valence-corrected chi connectivity index (χ1v) is 15.4. The lowest BCUT2D eigenvalue weighted by atomic mass is 9.88. The number of rotatable bonds is 9. The Kier molecular flexibility index (Phi) is 7.76. The van der Waals surface area contributed by atoms with Crippen LogP contribution in [0.1, 0.15) is 59.9 Å². The molecule has 14 heteroatoms. The van der Waals surface area contributed by atoms with E-state index in [4.69, 9.17) is 29.5 Å². The molecular weight excluding hydrogens is 609 g/mol. The molecule has 47 heavy (non-hydrogen) atoms. The monoisotopic (exact) mass is 643 g/mol. The predicted molar refractivity (Wildman–Crippen MR) is 167 cm³/mol. The smallest absolute Gasteiger partial charge is 0.444 e. The van der Waals surface area contributed by atoms with Gasteiger partial charge in [0.25, 0.3) is 5.79 Å². The van der Waals surface area contributed by atoms with E-state index >= 15 is 4.39 Å². The van der Waals surface area contributed by atoms with Crippen LogP contribution in [0.3, 0.4) is 0 Å². The number of H-pyrrole nitrogens is 1. The third-order valence-electron chi connectivity index (χ3n) is 8.98. The molecule has 5 heterocycles. The summed E-state index contributed by atoms with van der Waals surface area (Å²) < 4.78 is 40.0. The number of hydrogen-bond donors (Lipinski definition) is 2. The third-order valence-corrected chi connectivity index (χ3v) is 8.98. The van der Waals surface area contributed by atoms with Crippen molar-refractivity contribution < 1.29 is 27.9 Å². The van der Waals surface area contributed by atoms with Gasteiger partial charge in [-0.3, -0.25) is 14.7 Å². The van der Waals surface area contributed by atoms with Crippen molar-refractivity contribution in [3.63, 3.8) is 0 Å². The summed E-state index contributed by atoms with van der Waals surface area (Å²) in [4.78, 5) is 38.6. The molecule has 2 aliphatic rings. The molecule has 2 aromatic carbocycles. The molecule has 2 aliphatic heterocycles. The molecule has 2 unspecified atom stereocenters. The zero-order chi connectivity index (χ0) is 32.9. The second-order valence-electron chi connectivity index (χ2n) is 12.1. The van der Waals surface area contributed by atoms with Crippen LogP contribution in [0.5, 0.6) is 11.5 Å². The molecule has 0 radical (unpaired) electrons. The minimum atomic E-state index is -1.39. The number of primary amides is 1. The SMILES string of the molecule is COC(C)Cn1c(CN2CCC(c3cccc4c3OC(C)(c3ccc(C(N)=O)cc3F)O4)CC2)nc2cc(-c3nc(=O)o[nH]3)ncc21. The van der Waals surface area contributed by atoms with Crippen molar-refractivity contribution in [1.29, 1.82) is 0 Å². The highest BCUT2D eigenvalue weighted by molar-refractivity contribution is 5.92. The van der Waals surface area contributed by atoms with E-state index in [1.807, 2.05) is 25.1 Å². The number of likely N-dealkylation sites (tertiary alicyclic amines) is 1. The Morgan fingerprint density at radius 1 is 1.19 bits per heavy atom. The van der Waals surface area contributed by atoms with Gasteiger partial charge in [0.2, 0.25) is 5.91 Å². The lowest BCUT2D eigenvalue weighted by molar-refractivity contribution is -0.0712. The van der Waals surface area contributed by atoms with Gasteiger partial charge in [0.05, 0.1) is 42.0 Å². The molecule has 5 aromatic rings. The van der Waals surface area contributed by atoms with Crippen LogP contribution in [0, 0.1) is 5.82 Å². The number of benzene rings is 2. The molecule has 0 spiro atoms. The average Bonchev–Trinajstić information content (AvgIpc) is 3.75. The molecule has 2 atom stereocenters. The number of carbonyl (C=O) groups is 1. The van der Waals surface area contributed by atoms with E-state index in [9.17, 15) is 9.59 Å². The summed E-state index contributed by atoms with van der Waals surface area (Å²) in [5, 5.41) is 2.50. The number of nitrogens with two attached hydrogens (primary N) is 1. The maximum Gasteiger partial charge on any atom is 0.460 e.